The number of anilines is 1. The van der Waals surface area contributed by atoms with Crippen LogP contribution in [0.15, 0.2) is 18.2 Å². The second-order valence-corrected chi connectivity index (χ2v) is 5.61. The topological polar surface area (TPSA) is 34.0 Å². The van der Waals surface area contributed by atoms with Gasteiger partial charge in [-0.15, -0.1) is 0 Å². The van der Waals surface area contributed by atoms with Crippen LogP contribution in [0.25, 0.3) is 11.3 Å². The zero-order valence-electron chi connectivity index (χ0n) is 12.2. The maximum atomic E-state index is 4.56. The highest BCUT2D eigenvalue weighted by atomic mass is 15.5. The molecule has 2 heterocycles. The number of nitrogens with zero attached hydrogens (tertiary/aromatic N) is 4. The Balaban J connectivity index is 2.32. The Morgan fingerprint density at radius 3 is 2.58 bits per heavy atom. The normalized spacial score (nSPS) is 17.6. The van der Waals surface area contributed by atoms with Gasteiger partial charge in [-0.2, -0.15) is 15.0 Å². The number of aryl methyl sites for hydroxylation is 1. The van der Waals surface area contributed by atoms with Gasteiger partial charge in [0, 0.05) is 19.7 Å². The van der Waals surface area contributed by atoms with E-state index >= 15 is 0 Å². The van der Waals surface area contributed by atoms with Crippen molar-refractivity contribution in [1.82, 2.24) is 15.0 Å². The number of rotatable bonds is 1. The molecule has 0 saturated carbocycles. The van der Waals surface area contributed by atoms with E-state index in [0.717, 1.165) is 11.4 Å². The number of fused-ring (bicyclic) bond motifs is 3. The third kappa shape index (κ3) is 1.66. The summed E-state index contributed by atoms with van der Waals surface area (Å²) < 4.78 is 0. The van der Waals surface area contributed by atoms with Gasteiger partial charge in [-0.1, -0.05) is 32.0 Å². The van der Waals surface area contributed by atoms with Crippen LogP contribution >= 0.6 is 0 Å². The molecule has 2 aromatic rings. The van der Waals surface area contributed by atoms with Crippen molar-refractivity contribution >= 4 is 5.69 Å². The number of aromatic nitrogens is 3. The molecular formula is C15H20N4. The second-order valence-electron chi connectivity index (χ2n) is 5.61. The van der Waals surface area contributed by atoms with Crippen molar-refractivity contribution in [3.8, 4) is 11.3 Å². The number of benzene rings is 1. The van der Waals surface area contributed by atoms with E-state index in [-0.39, 0.29) is 6.04 Å². The predicted molar refractivity (Wildman–Crippen MR) is 77.3 cm³/mol. The highest BCUT2D eigenvalue weighted by Crippen LogP contribution is 2.45. The van der Waals surface area contributed by atoms with E-state index in [9.17, 15) is 0 Å². The van der Waals surface area contributed by atoms with Crippen molar-refractivity contribution in [2.24, 2.45) is 7.05 Å². The molecule has 0 bridgehead atoms. The van der Waals surface area contributed by atoms with Gasteiger partial charge in [-0.05, 0) is 18.4 Å². The van der Waals surface area contributed by atoms with E-state index in [1.165, 1.54) is 16.8 Å². The first-order chi connectivity index (χ1) is 9.00. The fraction of sp³-hybridized carbons (Fsp3) is 0.467. The zero-order valence-corrected chi connectivity index (χ0v) is 12.2. The summed E-state index contributed by atoms with van der Waals surface area (Å²) in [4.78, 5) is 3.99. The van der Waals surface area contributed by atoms with Crippen LogP contribution in [0.2, 0.25) is 0 Å². The van der Waals surface area contributed by atoms with E-state index in [1.807, 2.05) is 7.05 Å². The first-order valence-corrected chi connectivity index (χ1v) is 6.78. The molecule has 1 aromatic carbocycles. The zero-order chi connectivity index (χ0) is 13.7. The molecule has 19 heavy (non-hydrogen) atoms. The van der Waals surface area contributed by atoms with Gasteiger partial charge in [-0.3, -0.25) is 0 Å². The summed E-state index contributed by atoms with van der Waals surface area (Å²) in [7, 11) is 4.03. The van der Waals surface area contributed by atoms with Gasteiger partial charge >= 0.3 is 0 Å². The van der Waals surface area contributed by atoms with Crippen LogP contribution in [-0.2, 0) is 7.05 Å². The summed E-state index contributed by atoms with van der Waals surface area (Å²) in [5, 5.41) is 9.08. The Hall–Kier alpha value is -1.84. The Labute approximate surface area is 114 Å². The Bertz CT molecular complexity index is 627. The van der Waals surface area contributed by atoms with Crippen LogP contribution in [0.4, 0.5) is 5.69 Å². The molecule has 0 aliphatic carbocycles. The van der Waals surface area contributed by atoms with Crippen LogP contribution in [0, 0.1) is 0 Å². The molecule has 100 valence electrons. The number of hydrogen-bond donors (Lipinski definition) is 0. The first-order valence-electron chi connectivity index (χ1n) is 6.78. The largest absolute Gasteiger partial charge is 0.365 e. The highest BCUT2D eigenvalue weighted by Gasteiger charge is 2.31. The fourth-order valence-electron chi connectivity index (χ4n) is 2.88. The third-order valence-electron chi connectivity index (χ3n) is 4.01. The lowest BCUT2D eigenvalue weighted by Crippen LogP contribution is -2.27. The van der Waals surface area contributed by atoms with E-state index in [2.05, 4.69) is 61.1 Å². The SMILES string of the molecule is CC(C)c1cccc2c1N(C)C(C)c1nn(C)nc1-2. The van der Waals surface area contributed by atoms with Crippen molar-refractivity contribution in [3.05, 3.63) is 29.5 Å². The molecule has 4 heteroatoms. The predicted octanol–water partition coefficient (Wildman–Crippen LogP) is 3.12. The molecule has 1 atom stereocenters. The molecule has 1 aliphatic rings. The van der Waals surface area contributed by atoms with Gasteiger partial charge < -0.3 is 4.90 Å². The van der Waals surface area contributed by atoms with Gasteiger partial charge in [0.05, 0.1) is 11.7 Å². The Morgan fingerprint density at radius 2 is 1.89 bits per heavy atom. The maximum absolute atomic E-state index is 4.56. The lowest BCUT2D eigenvalue weighted by atomic mass is 9.90. The minimum atomic E-state index is 0.260. The molecule has 4 nitrogen and oxygen atoms in total. The van der Waals surface area contributed by atoms with Crippen LogP contribution in [0.5, 0.6) is 0 Å². The average molecular weight is 256 g/mol. The molecule has 0 amide bonds. The highest BCUT2D eigenvalue weighted by molar-refractivity contribution is 5.83. The van der Waals surface area contributed by atoms with E-state index in [1.54, 1.807) is 4.80 Å². The van der Waals surface area contributed by atoms with Crippen molar-refractivity contribution in [3.63, 3.8) is 0 Å². The van der Waals surface area contributed by atoms with Gasteiger partial charge in [0.25, 0.3) is 0 Å². The molecule has 1 aromatic heterocycles. The Kier molecular flexibility index (Phi) is 2.62. The first kappa shape index (κ1) is 12.2. The van der Waals surface area contributed by atoms with Crippen LogP contribution in [0.3, 0.4) is 0 Å². The lowest BCUT2D eigenvalue weighted by Gasteiger charge is -2.34. The van der Waals surface area contributed by atoms with Crippen molar-refractivity contribution in [2.75, 3.05) is 11.9 Å². The van der Waals surface area contributed by atoms with Gasteiger partial charge in [0.2, 0.25) is 0 Å². The summed E-state index contributed by atoms with van der Waals surface area (Å²) in [6, 6.07) is 6.75. The molecular weight excluding hydrogens is 236 g/mol. The van der Waals surface area contributed by atoms with Crippen molar-refractivity contribution in [2.45, 2.75) is 32.7 Å². The molecule has 1 unspecified atom stereocenters. The fourth-order valence-corrected chi connectivity index (χ4v) is 2.88. The minimum Gasteiger partial charge on any atom is -0.365 e. The summed E-state index contributed by atoms with van der Waals surface area (Å²) >= 11 is 0. The monoisotopic (exact) mass is 256 g/mol. The van der Waals surface area contributed by atoms with Crippen molar-refractivity contribution < 1.29 is 0 Å². The van der Waals surface area contributed by atoms with Crippen LogP contribution < -0.4 is 4.90 Å². The van der Waals surface area contributed by atoms with E-state index in [0.29, 0.717) is 5.92 Å². The molecule has 0 saturated heterocycles. The number of para-hydroxylation sites is 1. The summed E-state index contributed by atoms with van der Waals surface area (Å²) in [6.45, 7) is 6.66. The van der Waals surface area contributed by atoms with Crippen LogP contribution in [0.1, 0.15) is 44.0 Å². The Morgan fingerprint density at radius 1 is 1.16 bits per heavy atom. The van der Waals surface area contributed by atoms with Gasteiger partial charge in [0.15, 0.2) is 0 Å². The third-order valence-corrected chi connectivity index (χ3v) is 4.01. The quantitative estimate of drug-likeness (QED) is 0.786. The minimum absolute atomic E-state index is 0.260. The summed E-state index contributed by atoms with van der Waals surface area (Å²) in [6.07, 6.45) is 0. The second kappa shape index (κ2) is 4.08. The average Bonchev–Trinajstić information content (AvgIpc) is 2.77. The standard InChI is InChI=1S/C15H20N4/c1-9(2)11-7-6-8-12-14-13(16-19(5)17-14)10(3)18(4)15(11)12/h6-10H,1-5H3. The summed E-state index contributed by atoms with van der Waals surface area (Å²) in [5.74, 6) is 0.503. The molecule has 0 N–H and O–H groups in total. The smallest absolute Gasteiger partial charge is 0.120 e. The van der Waals surface area contributed by atoms with Gasteiger partial charge in [0.1, 0.15) is 11.4 Å². The molecule has 0 fully saturated rings. The molecule has 3 rings (SSSR count). The van der Waals surface area contributed by atoms with Crippen molar-refractivity contribution in [1.29, 1.82) is 0 Å². The molecule has 1 aliphatic heterocycles. The number of hydrogen-bond acceptors (Lipinski definition) is 3. The lowest BCUT2D eigenvalue weighted by molar-refractivity contribution is 0.624. The molecule has 0 radical (unpaired) electrons. The van der Waals surface area contributed by atoms with Gasteiger partial charge in [-0.25, -0.2) is 0 Å². The van der Waals surface area contributed by atoms with Crippen LogP contribution in [-0.4, -0.2) is 22.0 Å². The van der Waals surface area contributed by atoms with E-state index in [4.69, 9.17) is 0 Å². The maximum Gasteiger partial charge on any atom is 0.120 e. The summed E-state index contributed by atoms with van der Waals surface area (Å²) in [5.41, 5.74) is 5.99. The molecule has 0 spiro atoms. The van der Waals surface area contributed by atoms with E-state index < -0.39 is 0 Å².